The maximum Gasteiger partial charge on any atom is 0.256 e. The highest BCUT2D eigenvalue weighted by Gasteiger charge is 2.35. The summed E-state index contributed by atoms with van der Waals surface area (Å²) in [7, 11) is 0. The van der Waals surface area contributed by atoms with Crippen LogP contribution < -0.4 is 0 Å². The van der Waals surface area contributed by atoms with E-state index in [1.807, 2.05) is 54.8 Å². The van der Waals surface area contributed by atoms with Gasteiger partial charge in [-0.25, -0.2) is 0 Å². The Morgan fingerprint density at radius 1 is 1.26 bits per heavy atom. The maximum atomic E-state index is 12.9. The number of hydrogen-bond donors (Lipinski definition) is 2. The van der Waals surface area contributed by atoms with Gasteiger partial charge in [-0.15, -0.1) is 0 Å². The molecule has 5 heteroatoms. The van der Waals surface area contributed by atoms with E-state index < -0.39 is 6.10 Å². The number of aliphatic hydroxyl groups excluding tert-OH is 2. The van der Waals surface area contributed by atoms with Crippen molar-refractivity contribution in [3.05, 3.63) is 53.3 Å². The Morgan fingerprint density at radius 2 is 1.96 bits per heavy atom. The number of nitrogens with zero attached hydrogens (tertiary/aromatic N) is 2. The highest BCUT2D eigenvalue weighted by atomic mass is 16.3. The summed E-state index contributed by atoms with van der Waals surface area (Å²) >= 11 is 0. The van der Waals surface area contributed by atoms with E-state index >= 15 is 0 Å². The molecule has 2 aromatic rings. The van der Waals surface area contributed by atoms with E-state index in [1.165, 1.54) is 0 Å². The standard InChI is InChI=1S/C18H22N2O3/c1-12-8-17(13(2)20(12)14-6-4-3-5-7-14)18(23)19-10-16(22)9-15(19)11-21/h3-8,15-16,21-22H,9-11H2,1-2H3/t15-,16+/m0/s1. The highest BCUT2D eigenvalue weighted by molar-refractivity contribution is 5.96. The van der Waals surface area contributed by atoms with Crippen molar-refractivity contribution in [3.63, 3.8) is 0 Å². The largest absolute Gasteiger partial charge is 0.394 e. The molecular weight excluding hydrogens is 292 g/mol. The van der Waals surface area contributed by atoms with Gasteiger partial charge >= 0.3 is 0 Å². The van der Waals surface area contributed by atoms with E-state index in [-0.39, 0.29) is 25.1 Å². The molecule has 1 aliphatic rings. The monoisotopic (exact) mass is 314 g/mol. The fraction of sp³-hybridized carbons (Fsp3) is 0.389. The van der Waals surface area contributed by atoms with Gasteiger partial charge in [0.25, 0.3) is 5.91 Å². The number of carbonyl (C=O) groups is 1. The summed E-state index contributed by atoms with van der Waals surface area (Å²) in [6, 6.07) is 11.5. The van der Waals surface area contributed by atoms with Gasteiger partial charge in [0.05, 0.1) is 24.3 Å². The van der Waals surface area contributed by atoms with Crippen LogP contribution in [0.5, 0.6) is 0 Å². The van der Waals surface area contributed by atoms with Crippen LogP contribution in [0.3, 0.4) is 0 Å². The van der Waals surface area contributed by atoms with Crippen LogP contribution in [0, 0.1) is 13.8 Å². The first-order valence-electron chi connectivity index (χ1n) is 7.87. The molecule has 2 N–H and O–H groups in total. The molecule has 122 valence electrons. The van der Waals surface area contributed by atoms with Crippen LogP contribution in [0.25, 0.3) is 5.69 Å². The Hall–Kier alpha value is -2.11. The van der Waals surface area contributed by atoms with Gasteiger partial charge in [-0.05, 0) is 38.5 Å². The molecule has 0 unspecified atom stereocenters. The van der Waals surface area contributed by atoms with Gasteiger partial charge in [-0.3, -0.25) is 4.79 Å². The lowest BCUT2D eigenvalue weighted by Crippen LogP contribution is -2.38. The fourth-order valence-electron chi connectivity index (χ4n) is 3.42. The van der Waals surface area contributed by atoms with Crippen molar-refractivity contribution in [2.45, 2.75) is 32.4 Å². The first-order valence-corrected chi connectivity index (χ1v) is 7.87. The maximum absolute atomic E-state index is 12.9. The molecule has 3 rings (SSSR count). The average molecular weight is 314 g/mol. The zero-order chi connectivity index (χ0) is 16.6. The normalized spacial score (nSPS) is 21.0. The number of carbonyl (C=O) groups excluding carboxylic acids is 1. The number of aryl methyl sites for hydroxylation is 1. The number of likely N-dealkylation sites (tertiary alicyclic amines) is 1. The predicted octanol–water partition coefficient (Wildman–Crippen LogP) is 1.66. The minimum atomic E-state index is -0.561. The highest BCUT2D eigenvalue weighted by Crippen LogP contribution is 2.25. The second-order valence-corrected chi connectivity index (χ2v) is 6.14. The van der Waals surface area contributed by atoms with Crippen LogP contribution in [0.15, 0.2) is 36.4 Å². The molecule has 0 bridgehead atoms. The van der Waals surface area contributed by atoms with Gasteiger partial charge in [-0.1, -0.05) is 18.2 Å². The van der Waals surface area contributed by atoms with E-state index in [4.69, 9.17) is 0 Å². The summed E-state index contributed by atoms with van der Waals surface area (Å²) in [5, 5.41) is 19.2. The molecule has 23 heavy (non-hydrogen) atoms. The van der Waals surface area contributed by atoms with E-state index in [2.05, 4.69) is 0 Å². The Bertz CT molecular complexity index is 709. The smallest absolute Gasteiger partial charge is 0.256 e. The second kappa shape index (κ2) is 6.18. The van der Waals surface area contributed by atoms with Crippen molar-refractivity contribution < 1.29 is 15.0 Å². The van der Waals surface area contributed by atoms with E-state index in [9.17, 15) is 15.0 Å². The van der Waals surface area contributed by atoms with Crippen LogP contribution in [-0.4, -0.2) is 50.9 Å². The van der Waals surface area contributed by atoms with Gasteiger partial charge in [0.2, 0.25) is 0 Å². The molecule has 1 saturated heterocycles. The van der Waals surface area contributed by atoms with Gasteiger partial charge < -0.3 is 19.7 Å². The molecule has 2 heterocycles. The molecule has 0 spiro atoms. The van der Waals surface area contributed by atoms with Gasteiger partial charge in [-0.2, -0.15) is 0 Å². The van der Waals surface area contributed by atoms with Crippen molar-refractivity contribution in [1.82, 2.24) is 9.47 Å². The third-order valence-electron chi connectivity index (χ3n) is 4.54. The van der Waals surface area contributed by atoms with Gasteiger partial charge in [0, 0.05) is 23.6 Å². The SMILES string of the molecule is Cc1cc(C(=O)N2C[C@H](O)C[C@H]2CO)c(C)n1-c1ccccc1. The number of aliphatic hydroxyl groups is 2. The first kappa shape index (κ1) is 15.8. The number of para-hydroxylation sites is 1. The summed E-state index contributed by atoms with van der Waals surface area (Å²) in [5.74, 6) is -0.129. The molecule has 5 nitrogen and oxygen atoms in total. The van der Waals surface area contributed by atoms with Gasteiger partial charge in [0.1, 0.15) is 0 Å². The van der Waals surface area contributed by atoms with Crippen LogP contribution in [0.1, 0.15) is 28.2 Å². The third-order valence-corrected chi connectivity index (χ3v) is 4.54. The lowest BCUT2D eigenvalue weighted by Gasteiger charge is -2.22. The van der Waals surface area contributed by atoms with Crippen LogP contribution in [0.4, 0.5) is 0 Å². The first-order chi connectivity index (χ1) is 11.0. The van der Waals surface area contributed by atoms with Crippen LogP contribution in [-0.2, 0) is 0 Å². The summed E-state index contributed by atoms with van der Waals surface area (Å²) < 4.78 is 2.05. The van der Waals surface area contributed by atoms with E-state index in [0.29, 0.717) is 12.0 Å². The molecule has 1 fully saturated rings. The summed E-state index contributed by atoms with van der Waals surface area (Å²) in [6.45, 7) is 4.05. The molecule has 2 atom stereocenters. The molecule has 1 amide bonds. The second-order valence-electron chi connectivity index (χ2n) is 6.14. The van der Waals surface area contributed by atoms with E-state index in [0.717, 1.165) is 17.1 Å². The number of rotatable bonds is 3. The molecule has 1 aliphatic heterocycles. The minimum Gasteiger partial charge on any atom is -0.394 e. The van der Waals surface area contributed by atoms with Crippen molar-refractivity contribution in [2.24, 2.45) is 0 Å². The Labute approximate surface area is 135 Å². The zero-order valence-electron chi connectivity index (χ0n) is 13.4. The third kappa shape index (κ3) is 2.78. The van der Waals surface area contributed by atoms with Crippen LogP contribution in [0.2, 0.25) is 0 Å². The predicted molar refractivity (Wildman–Crippen MR) is 87.8 cm³/mol. The number of hydrogen-bond acceptors (Lipinski definition) is 3. The molecule has 1 aromatic carbocycles. The number of aromatic nitrogens is 1. The van der Waals surface area contributed by atoms with Crippen molar-refractivity contribution >= 4 is 5.91 Å². The lowest BCUT2D eigenvalue weighted by molar-refractivity contribution is 0.0664. The summed E-state index contributed by atoms with van der Waals surface area (Å²) in [5.41, 5.74) is 3.50. The zero-order valence-corrected chi connectivity index (χ0v) is 13.4. The minimum absolute atomic E-state index is 0.125. The topological polar surface area (TPSA) is 65.7 Å². The van der Waals surface area contributed by atoms with Gasteiger partial charge in [0.15, 0.2) is 0 Å². The van der Waals surface area contributed by atoms with Crippen LogP contribution >= 0.6 is 0 Å². The van der Waals surface area contributed by atoms with Crippen molar-refractivity contribution in [3.8, 4) is 5.69 Å². The quantitative estimate of drug-likeness (QED) is 0.905. The summed E-state index contributed by atoms with van der Waals surface area (Å²) in [6.07, 6.45) is -0.131. The molecule has 1 aromatic heterocycles. The summed E-state index contributed by atoms with van der Waals surface area (Å²) in [4.78, 5) is 14.5. The number of benzene rings is 1. The van der Waals surface area contributed by atoms with E-state index in [1.54, 1.807) is 4.90 Å². The van der Waals surface area contributed by atoms with Crippen molar-refractivity contribution in [1.29, 1.82) is 0 Å². The molecule has 0 aliphatic carbocycles. The fourth-order valence-corrected chi connectivity index (χ4v) is 3.42. The number of amides is 1. The number of β-amino-alcohol motifs (C(OH)–C–C–N with tert-alkyl or cyclic N) is 1. The molecular formula is C18H22N2O3. The Balaban J connectivity index is 1.97. The lowest BCUT2D eigenvalue weighted by atomic mass is 10.2. The van der Waals surface area contributed by atoms with Crippen molar-refractivity contribution in [2.75, 3.05) is 13.2 Å². The average Bonchev–Trinajstić information content (AvgIpc) is 3.07. The molecule has 0 saturated carbocycles. The Kier molecular flexibility index (Phi) is 4.24. The molecule has 0 radical (unpaired) electrons. The Morgan fingerprint density at radius 3 is 2.61 bits per heavy atom.